The first-order valence-corrected chi connectivity index (χ1v) is 8.03. The lowest BCUT2D eigenvalue weighted by molar-refractivity contribution is 0.129. The molecule has 3 fully saturated rings. The Kier molecular flexibility index (Phi) is 2.88. The molecule has 0 aromatic heterocycles. The van der Waals surface area contributed by atoms with Gasteiger partial charge < -0.3 is 5.11 Å². The van der Waals surface area contributed by atoms with E-state index in [0.29, 0.717) is 22.4 Å². The van der Waals surface area contributed by atoms with Crippen molar-refractivity contribution in [3.8, 4) is 0 Å². The molecule has 2 bridgehead atoms. The van der Waals surface area contributed by atoms with Gasteiger partial charge in [0.15, 0.2) is 0 Å². The van der Waals surface area contributed by atoms with Gasteiger partial charge in [-0.1, -0.05) is 29.3 Å². The molecule has 102 valence electrons. The molecule has 19 heavy (non-hydrogen) atoms. The van der Waals surface area contributed by atoms with Crippen LogP contribution in [0, 0.1) is 29.6 Å². The summed E-state index contributed by atoms with van der Waals surface area (Å²) in [7, 11) is 0. The Labute approximate surface area is 123 Å². The molecule has 5 atom stereocenters. The summed E-state index contributed by atoms with van der Waals surface area (Å²) in [5, 5.41) is 11.9. The van der Waals surface area contributed by atoms with Gasteiger partial charge in [-0.2, -0.15) is 0 Å². The van der Waals surface area contributed by atoms with Crippen molar-refractivity contribution in [3.63, 3.8) is 0 Å². The van der Waals surface area contributed by atoms with Crippen LogP contribution in [0.2, 0.25) is 10.0 Å². The van der Waals surface area contributed by atoms with E-state index in [1.54, 1.807) is 0 Å². The molecule has 3 heteroatoms. The number of rotatable bonds is 3. The summed E-state index contributed by atoms with van der Waals surface area (Å²) in [6, 6.07) is 5.56. The number of fused-ring (bicyclic) bond motifs is 5. The van der Waals surface area contributed by atoms with Crippen molar-refractivity contribution in [1.29, 1.82) is 0 Å². The first kappa shape index (κ1) is 12.5. The molecule has 3 aliphatic rings. The molecule has 3 saturated carbocycles. The molecule has 3 aliphatic carbocycles. The van der Waals surface area contributed by atoms with Crippen molar-refractivity contribution in [2.24, 2.45) is 29.6 Å². The maximum atomic E-state index is 10.5. The predicted molar refractivity (Wildman–Crippen MR) is 77.5 cm³/mol. The Balaban J connectivity index is 1.50. The number of hydrogen-bond donors (Lipinski definition) is 1. The van der Waals surface area contributed by atoms with Gasteiger partial charge in [0.1, 0.15) is 0 Å². The fourth-order valence-corrected chi connectivity index (χ4v) is 5.53. The van der Waals surface area contributed by atoms with Gasteiger partial charge in [0, 0.05) is 16.5 Å². The van der Waals surface area contributed by atoms with E-state index in [0.717, 1.165) is 29.2 Å². The van der Waals surface area contributed by atoms with E-state index in [1.807, 2.05) is 18.2 Å². The summed E-state index contributed by atoms with van der Waals surface area (Å²) >= 11 is 12.4. The molecule has 1 aromatic rings. The predicted octanol–water partition coefficient (Wildman–Crippen LogP) is 4.19. The highest BCUT2D eigenvalue weighted by molar-refractivity contribution is 6.36. The van der Waals surface area contributed by atoms with Crippen LogP contribution >= 0.6 is 23.2 Å². The lowest BCUT2D eigenvalue weighted by atomic mass is 9.95. The molecular weight excluding hydrogens is 279 g/mol. The Hall–Kier alpha value is -0.240. The van der Waals surface area contributed by atoms with E-state index >= 15 is 0 Å². The van der Waals surface area contributed by atoms with Gasteiger partial charge in [0.25, 0.3) is 0 Å². The van der Waals surface area contributed by atoms with Crippen molar-refractivity contribution in [2.75, 3.05) is 0 Å². The zero-order chi connectivity index (χ0) is 13.1. The topological polar surface area (TPSA) is 20.2 Å². The molecule has 1 aromatic carbocycles. The quantitative estimate of drug-likeness (QED) is 0.887. The minimum atomic E-state index is -0.268. The lowest BCUT2D eigenvalue weighted by Crippen LogP contribution is -2.18. The number of benzene rings is 1. The van der Waals surface area contributed by atoms with E-state index in [4.69, 9.17) is 23.2 Å². The SMILES string of the molecule is OC(Cc1c(Cl)cccc1Cl)C1C2C3CCC(C3)C12. The highest BCUT2D eigenvalue weighted by atomic mass is 35.5. The summed E-state index contributed by atoms with van der Waals surface area (Å²) in [5.41, 5.74) is 0.913. The van der Waals surface area contributed by atoms with Crippen molar-refractivity contribution < 1.29 is 5.11 Å². The first-order chi connectivity index (χ1) is 9.16. The molecule has 0 heterocycles. The fraction of sp³-hybridized carbons (Fsp3) is 0.625. The van der Waals surface area contributed by atoms with Crippen molar-refractivity contribution in [3.05, 3.63) is 33.8 Å². The molecule has 5 unspecified atom stereocenters. The zero-order valence-corrected chi connectivity index (χ0v) is 12.2. The monoisotopic (exact) mass is 296 g/mol. The summed E-state index contributed by atoms with van der Waals surface area (Å²) in [6.07, 6.45) is 4.54. The minimum absolute atomic E-state index is 0.268. The second-order valence-corrected chi connectivity index (χ2v) is 7.35. The van der Waals surface area contributed by atoms with Crippen molar-refractivity contribution in [2.45, 2.75) is 31.8 Å². The molecule has 0 saturated heterocycles. The molecular formula is C16H18Cl2O. The number of aliphatic hydroxyl groups is 1. The summed E-state index contributed by atoms with van der Waals surface area (Å²) < 4.78 is 0. The number of halogens is 2. The molecule has 0 radical (unpaired) electrons. The van der Waals surface area contributed by atoms with Gasteiger partial charge >= 0.3 is 0 Å². The third-order valence-electron chi connectivity index (χ3n) is 5.71. The zero-order valence-electron chi connectivity index (χ0n) is 10.7. The van der Waals surface area contributed by atoms with E-state index in [9.17, 15) is 5.11 Å². The fourth-order valence-electron chi connectivity index (χ4n) is 4.98. The van der Waals surface area contributed by atoms with E-state index < -0.39 is 0 Å². The standard InChI is InChI=1S/C16H18Cl2O/c17-11-2-1-3-12(18)10(11)7-13(19)16-14-8-4-5-9(6-8)15(14)16/h1-3,8-9,13-16,19H,4-7H2. The molecule has 0 spiro atoms. The van der Waals surface area contributed by atoms with E-state index in [2.05, 4.69) is 0 Å². The Bertz CT molecular complexity index is 479. The van der Waals surface area contributed by atoms with Gasteiger partial charge in [-0.25, -0.2) is 0 Å². The lowest BCUT2D eigenvalue weighted by Gasteiger charge is -2.16. The van der Waals surface area contributed by atoms with Crippen LogP contribution in [-0.2, 0) is 6.42 Å². The van der Waals surface area contributed by atoms with E-state index in [-0.39, 0.29) is 6.10 Å². The molecule has 0 amide bonds. The Morgan fingerprint density at radius 2 is 1.68 bits per heavy atom. The average molecular weight is 297 g/mol. The van der Waals surface area contributed by atoms with Crippen LogP contribution in [0.4, 0.5) is 0 Å². The van der Waals surface area contributed by atoms with Crippen LogP contribution in [0.25, 0.3) is 0 Å². The Morgan fingerprint density at radius 3 is 2.26 bits per heavy atom. The first-order valence-electron chi connectivity index (χ1n) is 7.27. The van der Waals surface area contributed by atoms with Crippen molar-refractivity contribution >= 4 is 23.2 Å². The largest absolute Gasteiger partial charge is 0.392 e. The number of aliphatic hydroxyl groups excluding tert-OH is 1. The third-order valence-corrected chi connectivity index (χ3v) is 6.42. The minimum Gasteiger partial charge on any atom is -0.392 e. The van der Waals surface area contributed by atoms with E-state index in [1.165, 1.54) is 19.3 Å². The van der Waals surface area contributed by atoms with Crippen LogP contribution in [0.5, 0.6) is 0 Å². The van der Waals surface area contributed by atoms with Gasteiger partial charge in [0.05, 0.1) is 6.10 Å². The van der Waals surface area contributed by atoms with Gasteiger partial charge in [-0.3, -0.25) is 0 Å². The summed E-state index contributed by atoms with van der Waals surface area (Å²) in [4.78, 5) is 0. The maximum Gasteiger partial charge on any atom is 0.0615 e. The van der Waals surface area contributed by atoms with Gasteiger partial charge in [-0.15, -0.1) is 0 Å². The average Bonchev–Trinajstić information content (AvgIpc) is 2.83. The van der Waals surface area contributed by atoms with Crippen LogP contribution in [-0.4, -0.2) is 11.2 Å². The summed E-state index contributed by atoms with van der Waals surface area (Å²) in [5.74, 6) is 3.91. The smallest absolute Gasteiger partial charge is 0.0615 e. The van der Waals surface area contributed by atoms with Gasteiger partial charge in [0.2, 0.25) is 0 Å². The van der Waals surface area contributed by atoms with Gasteiger partial charge in [-0.05, 0) is 66.5 Å². The van der Waals surface area contributed by atoms with Crippen molar-refractivity contribution in [1.82, 2.24) is 0 Å². The highest BCUT2D eigenvalue weighted by Crippen LogP contribution is 2.70. The van der Waals surface area contributed by atoms with Crippen LogP contribution < -0.4 is 0 Å². The maximum absolute atomic E-state index is 10.5. The molecule has 1 nitrogen and oxygen atoms in total. The third kappa shape index (κ3) is 1.86. The van der Waals surface area contributed by atoms with Crippen LogP contribution in [0.1, 0.15) is 24.8 Å². The second-order valence-electron chi connectivity index (χ2n) is 6.54. The highest BCUT2D eigenvalue weighted by Gasteiger charge is 2.66. The normalized spacial score (nSPS) is 40.3. The Morgan fingerprint density at radius 1 is 1.11 bits per heavy atom. The second kappa shape index (κ2) is 4.38. The molecule has 1 N–H and O–H groups in total. The number of hydrogen-bond acceptors (Lipinski definition) is 1. The molecule has 4 rings (SSSR count). The summed E-state index contributed by atoms with van der Waals surface area (Å²) in [6.45, 7) is 0. The van der Waals surface area contributed by atoms with Crippen LogP contribution in [0.15, 0.2) is 18.2 Å². The van der Waals surface area contributed by atoms with Crippen LogP contribution in [0.3, 0.4) is 0 Å². The molecule has 0 aliphatic heterocycles.